The van der Waals surface area contributed by atoms with Gasteiger partial charge in [-0.3, -0.25) is 19.4 Å². The maximum absolute atomic E-state index is 16.2. The number of phenols is 1. The van der Waals surface area contributed by atoms with Crippen LogP contribution in [0.5, 0.6) is 5.75 Å². The van der Waals surface area contributed by atoms with Crippen molar-refractivity contribution < 1.29 is 65.1 Å². The van der Waals surface area contributed by atoms with Crippen LogP contribution >= 0.6 is 21.6 Å². The molecule has 1 aromatic carbocycles. The summed E-state index contributed by atoms with van der Waals surface area (Å²) >= 11 is 0. The predicted octanol–water partition coefficient (Wildman–Crippen LogP) is 4.53. The number of nitrogens with two attached hydrogens (primary N) is 2. The van der Waals surface area contributed by atoms with Gasteiger partial charge in [-0.2, -0.15) is 0 Å². The number of nitrogens with zero attached hydrogens (tertiary/aromatic N) is 1. The van der Waals surface area contributed by atoms with Crippen LogP contribution in [0.1, 0.15) is 127 Å². The zero-order chi connectivity index (χ0) is 59.8. The molecule has 22 unspecified atom stereocenters. The van der Waals surface area contributed by atoms with Crippen molar-refractivity contribution in [2.24, 2.45) is 98.3 Å². The summed E-state index contributed by atoms with van der Waals surface area (Å²) in [7, 11) is 2.93. The molecule has 4 saturated carbocycles. The lowest BCUT2D eigenvalue weighted by Crippen LogP contribution is -2.67. The Labute approximate surface area is 499 Å². The molecule has 2 aromatic rings. The number of phenolic OH excluding ortho intramolecular Hbond substituents is 1. The Balaban J connectivity index is 1.09. The van der Waals surface area contributed by atoms with Crippen LogP contribution in [0.3, 0.4) is 0 Å². The number of aromatic hydroxyl groups is 1. The lowest BCUT2D eigenvalue weighted by molar-refractivity contribution is -0.199. The smallest absolute Gasteiger partial charge is 0.313 e. The van der Waals surface area contributed by atoms with Gasteiger partial charge in [0.05, 0.1) is 54.3 Å². The first kappa shape index (κ1) is 61.3. The number of guanidine groups is 1. The fraction of sp³-hybridized carbons (Fsp3) is 0.688. The molecule has 7 aliphatic carbocycles. The van der Waals surface area contributed by atoms with Crippen molar-refractivity contribution in [2.45, 2.75) is 158 Å². The third-order valence-electron chi connectivity index (χ3n) is 22.8. The summed E-state index contributed by atoms with van der Waals surface area (Å²) in [6.07, 6.45) is 3.74. The Kier molecular flexibility index (Phi) is 17.5. The highest BCUT2D eigenvalue weighted by Gasteiger charge is 2.75. The van der Waals surface area contributed by atoms with Gasteiger partial charge in [-0.25, -0.2) is 0 Å². The summed E-state index contributed by atoms with van der Waals surface area (Å²) in [5, 5.41) is 114. The van der Waals surface area contributed by atoms with Crippen molar-refractivity contribution in [3.05, 3.63) is 76.8 Å². The third kappa shape index (κ3) is 10.7. The van der Waals surface area contributed by atoms with E-state index in [0.717, 1.165) is 30.4 Å². The first-order valence-electron chi connectivity index (χ1n) is 30.6. The maximum Gasteiger partial charge on any atom is 0.313 e. The van der Waals surface area contributed by atoms with E-state index in [4.69, 9.17) is 16.2 Å². The van der Waals surface area contributed by atoms with Crippen LogP contribution in [0.2, 0.25) is 0 Å². The van der Waals surface area contributed by atoms with Gasteiger partial charge in [0.15, 0.2) is 23.8 Å². The number of nitrogens with one attached hydrogen (secondary N) is 2. The zero-order valence-corrected chi connectivity index (χ0v) is 50.0. The minimum Gasteiger partial charge on any atom is -0.508 e. The van der Waals surface area contributed by atoms with Gasteiger partial charge in [0.1, 0.15) is 11.8 Å². The molecule has 0 amide bonds. The topological polar surface area (TPSA) is 335 Å². The number of Topliss-reactive ketones (excluding diaryl/α,β-unsaturated/α-hetero) is 2. The quantitative estimate of drug-likeness (QED) is 0.0328. The molecule has 22 atom stereocenters. The molecule has 2 aliphatic heterocycles. The molecule has 84 heavy (non-hydrogen) atoms. The van der Waals surface area contributed by atoms with E-state index in [2.05, 4.69) is 40.1 Å². The number of aromatic amines is 1. The summed E-state index contributed by atoms with van der Waals surface area (Å²) < 4.78 is 5.91. The van der Waals surface area contributed by atoms with Gasteiger partial charge >= 0.3 is 5.97 Å². The molecule has 1 aromatic heterocycles. The van der Waals surface area contributed by atoms with Crippen molar-refractivity contribution in [2.75, 3.05) is 31.3 Å². The minimum atomic E-state index is -2.11. The van der Waals surface area contributed by atoms with Gasteiger partial charge in [-0.1, -0.05) is 65.1 Å². The molecule has 15 N–H and O–H groups in total. The standard InChI is InChI=1S/C64H87N5O13S2/c1-32-7-8-34-11-14-40-42(41(34)21-32)22-35(44-29-82-59(79)51(44)37-16-19-67-27-37)5-4-6-36-25-64(81)53-46(15-17-63(64,18-20-68-60(65)66)57(36)62(3,80)50(74)24-43(40)58(77)78)61(2)26-49(73)55(75)45-31-84-83-30-38(33-9-12-39(71)13-10-33)23-48(72)47(28-70)69-54(53)56(76)52(45)61/h9-13,16,19,27,32,35-36,38,40-47,49-52,55,57-58,67,69-71,73-75,77-78,80-81H,6-8,14-15,17-18,20-26,28-31H2,1-3H3,(H4,65,66,68). The molecule has 9 aliphatic rings. The molecular formula is C64H87N5O13S2. The Bertz CT molecular complexity index is 2940. The van der Waals surface area contributed by atoms with E-state index in [1.54, 1.807) is 43.6 Å². The number of cyclic esters (lactones) is 1. The number of ether oxygens (including phenoxy) is 1. The van der Waals surface area contributed by atoms with Gasteiger partial charge in [0.25, 0.3) is 0 Å². The molecule has 2 saturated heterocycles. The highest BCUT2D eigenvalue weighted by molar-refractivity contribution is 8.76. The number of benzene rings is 1. The number of allylic oxidation sites excluding steroid dienone is 3. The maximum atomic E-state index is 16.2. The number of carbonyl (C=O) groups is 3. The molecule has 458 valence electrons. The highest BCUT2D eigenvalue weighted by atomic mass is 33.1. The lowest BCUT2D eigenvalue weighted by Gasteiger charge is -2.63. The van der Waals surface area contributed by atoms with Crippen molar-refractivity contribution in [1.82, 2.24) is 10.3 Å². The number of aromatic nitrogens is 1. The SMILES string of the molecule is CC1CCC2=CCC3C(C(O)O)CC(O)C(C)(O)C4C(CC#CC(C5COC(=O)C5c5cc[nH]c5)CC3C2C1)CC1(O)C2=C3NC(CO)C(=O)CC(c5ccc(O)cc5)CSSCC5C(O)C(O)CC(C)(C2CCC41CCN=C(N)N)C5C3=O. The second kappa shape index (κ2) is 23.9. The fourth-order valence-corrected chi connectivity index (χ4v) is 21.7. The number of fused-ring (bicyclic) bond motifs is 10. The van der Waals surface area contributed by atoms with Crippen LogP contribution in [0.15, 0.2) is 70.6 Å². The Morgan fingerprint density at radius 2 is 1.70 bits per heavy atom. The second-order valence-corrected chi connectivity index (χ2v) is 29.8. The number of aliphatic hydroxyl groups excluding tert-OH is 5. The number of ketones is 2. The van der Waals surface area contributed by atoms with E-state index in [1.165, 1.54) is 27.2 Å². The lowest BCUT2D eigenvalue weighted by atomic mass is 9.43. The Morgan fingerprint density at radius 1 is 0.940 bits per heavy atom. The minimum absolute atomic E-state index is 0.000528. The number of carbonyl (C=O) groups excluding carboxylic acids is 3. The van der Waals surface area contributed by atoms with E-state index in [9.17, 15) is 55.5 Å². The Hall–Kier alpha value is -4.40. The monoisotopic (exact) mass is 1200 g/mol. The molecule has 0 spiro atoms. The number of rotatable bonds is 8. The van der Waals surface area contributed by atoms with E-state index in [0.29, 0.717) is 24.5 Å². The molecule has 6 fully saturated rings. The van der Waals surface area contributed by atoms with Crippen LogP contribution in [0, 0.1) is 93.7 Å². The summed E-state index contributed by atoms with van der Waals surface area (Å²) in [5.74, 6) is -0.419. The molecule has 20 heteroatoms. The number of hydrogen-bond donors (Lipinski definition) is 13. The number of H-pyrrole nitrogens is 1. The zero-order valence-electron chi connectivity index (χ0n) is 48.4. The normalized spacial score (nSPS) is 43.5. The highest BCUT2D eigenvalue weighted by Crippen LogP contribution is 2.73. The average molecular weight is 1200 g/mol. The summed E-state index contributed by atoms with van der Waals surface area (Å²) in [6, 6.07) is 7.12. The molecule has 0 radical (unpaired) electrons. The van der Waals surface area contributed by atoms with Crippen molar-refractivity contribution in [1.29, 1.82) is 0 Å². The van der Waals surface area contributed by atoms with Crippen LogP contribution < -0.4 is 16.8 Å². The van der Waals surface area contributed by atoms with E-state index >= 15 is 4.79 Å². The first-order chi connectivity index (χ1) is 40.0. The molecule has 2 bridgehead atoms. The average Bonchev–Trinajstić information content (AvgIpc) is 1.35. The number of aliphatic imine (C=N–C) groups is 1. The number of esters is 1. The predicted molar refractivity (Wildman–Crippen MR) is 318 cm³/mol. The van der Waals surface area contributed by atoms with Crippen molar-refractivity contribution in [3.8, 4) is 17.6 Å². The van der Waals surface area contributed by atoms with Gasteiger partial charge in [0.2, 0.25) is 0 Å². The van der Waals surface area contributed by atoms with Gasteiger partial charge in [-0.05, 0) is 153 Å². The largest absolute Gasteiger partial charge is 0.508 e. The molecule has 18 nitrogen and oxygen atoms in total. The van der Waals surface area contributed by atoms with Crippen LogP contribution in [0.25, 0.3) is 0 Å². The number of aliphatic hydroxyl groups is 8. The van der Waals surface area contributed by atoms with Crippen molar-refractivity contribution >= 4 is 45.1 Å². The van der Waals surface area contributed by atoms with E-state index in [1.807, 2.05) is 13.0 Å². The van der Waals surface area contributed by atoms with E-state index in [-0.39, 0.29) is 123 Å². The first-order valence-corrected chi connectivity index (χ1v) is 33.1. The van der Waals surface area contributed by atoms with Gasteiger partial charge in [0, 0.05) is 90.1 Å². The molecule has 3 heterocycles. The van der Waals surface area contributed by atoms with Crippen LogP contribution in [-0.4, -0.2) is 148 Å². The fourth-order valence-electron chi connectivity index (χ4n) is 18.9. The molecule has 11 rings (SSSR count). The van der Waals surface area contributed by atoms with Crippen LogP contribution in [-0.2, 0) is 19.1 Å². The summed E-state index contributed by atoms with van der Waals surface area (Å²) in [6.45, 7) is 5.09. The second-order valence-electron chi connectivity index (χ2n) is 27.2. The van der Waals surface area contributed by atoms with Crippen molar-refractivity contribution in [3.63, 3.8) is 0 Å². The van der Waals surface area contributed by atoms with Gasteiger partial charge in [-0.15, -0.1) is 5.92 Å². The van der Waals surface area contributed by atoms with E-state index < -0.39 is 124 Å². The van der Waals surface area contributed by atoms with Gasteiger partial charge < -0.3 is 72.5 Å². The Morgan fingerprint density at radius 3 is 2.42 bits per heavy atom. The number of hydrogen-bond acceptors (Lipinski definition) is 17. The third-order valence-corrected chi connectivity index (χ3v) is 25.3. The summed E-state index contributed by atoms with van der Waals surface area (Å²) in [5.41, 5.74) is 8.45. The van der Waals surface area contributed by atoms with Crippen LogP contribution in [0.4, 0.5) is 0 Å². The summed E-state index contributed by atoms with van der Waals surface area (Å²) in [4.78, 5) is 52.5. The molecular weight excluding hydrogens is 1110 g/mol.